The fraction of sp³-hybridized carbons (Fsp3) is 0.278. The molecular weight excluding hydrogens is 292 g/mol. The number of benzene rings is 2. The summed E-state index contributed by atoms with van der Waals surface area (Å²) >= 11 is 0. The highest BCUT2D eigenvalue weighted by Crippen LogP contribution is 2.35. The molecule has 5 N–H and O–H groups in total. The van der Waals surface area contributed by atoms with Gasteiger partial charge in [0.1, 0.15) is 6.10 Å². The summed E-state index contributed by atoms with van der Waals surface area (Å²) < 4.78 is 0. The highest BCUT2D eigenvalue weighted by Gasteiger charge is 2.35. The molecule has 0 radical (unpaired) electrons. The van der Waals surface area contributed by atoms with Crippen LogP contribution in [0.4, 0.5) is 0 Å². The van der Waals surface area contributed by atoms with Gasteiger partial charge in [-0.3, -0.25) is 4.79 Å². The summed E-state index contributed by atoms with van der Waals surface area (Å²) in [5, 5.41) is 23.2. The van der Waals surface area contributed by atoms with E-state index in [1.807, 2.05) is 37.3 Å². The number of nitrogens with one attached hydrogen (secondary N) is 1. The smallest absolute Gasteiger partial charge is 0.248 e. The van der Waals surface area contributed by atoms with E-state index in [0.717, 1.165) is 22.3 Å². The van der Waals surface area contributed by atoms with Crippen molar-refractivity contribution >= 4 is 5.91 Å². The topological polar surface area (TPSA) is 95.6 Å². The fourth-order valence-electron chi connectivity index (χ4n) is 3.10. The average molecular weight is 312 g/mol. The number of aryl methyl sites for hydroxylation is 1. The molecule has 5 nitrogen and oxygen atoms in total. The first-order chi connectivity index (χ1) is 11.0. The van der Waals surface area contributed by atoms with Gasteiger partial charge in [0.25, 0.3) is 0 Å². The van der Waals surface area contributed by atoms with Crippen LogP contribution >= 0.6 is 0 Å². The standard InChI is InChI=1S/C18H20N2O3/c1-10-4-2-3-5-12(10)13-7-6-11(18(19)23)8-14(13)16-17(22)15(21)9-20-16/h2-8,15-17,20-22H,9H2,1H3,(H2,19,23). The minimum absolute atomic E-state index is 0.305. The molecule has 3 atom stereocenters. The van der Waals surface area contributed by atoms with E-state index in [1.165, 1.54) is 0 Å². The fourth-order valence-corrected chi connectivity index (χ4v) is 3.10. The van der Waals surface area contributed by atoms with Crippen molar-refractivity contribution in [2.45, 2.75) is 25.2 Å². The molecule has 1 heterocycles. The van der Waals surface area contributed by atoms with Gasteiger partial charge in [-0.25, -0.2) is 0 Å². The van der Waals surface area contributed by atoms with Gasteiger partial charge in [-0.2, -0.15) is 0 Å². The molecule has 1 aliphatic rings. The molecule has 0 spiro atoms. The van der Waals surface area contributed by atoms with Crippen molar-refractivity contribution in [2.75, 3.05) is 6.54 Å². The van der Waals surface area contributed by atoms with E-state index >= 15 is 0 Å². The molecular formula is C18H20N2O3. The monoisotopic (exact) mass is 312 g/mol. The molecule has 1 saturated heterocycles. The van der Waals surface area contributed by atoms with Crippen molar-refractivity contribution < 1.29 is 15.0 Å². The Morgan fingerprint density at radius 1 is 1.17 bits per heavy atom. The maximum absolute atomic E-state index is 11.5. The van der Waals surface area contributed by atoms with Crippen LogP contribution in [0.25, 0.3) is 11.1 Å². The second kappa shape index (κ2) is 6.12. The molecule has 3 unspecified atom stereocenters. The zero-order valence-electron chi connectivity index (χ0n) is 12.9. The number of rotatable bonds is 3. The third kappa shape index (κ3) is 2.86. The number of β-amino-alcohol motifs (C(OH)–C–C–N with tert-alkyl or cyclic N) is 1. The van der Waals surface area contributed by atoms with Crippen LogP contribution in [-0.2, 0) is 0 Å². The SMILES string of the molecule is Cc1ccccc1-c1ccc(C(N)=O)cc1C1NCC(O)C1O. The Bertz CT molecular complexity index is 745. The van der Waals surface area contributed by atoms with Crippen LogP contribution in [0, 0.1) is 6.92 Å². The third-order valence-corrected chi connectivity index (χ3v) is 4.39. The minimum atomic E-state index is -0.930. The molecule has 2 aromatic carbocycles. The van der Waals surface area contributed by atoms with Gasteiger partial charge in [-0.1, -0.05) is 30.3 Å². The number of carbonyl (C=O) groups is 1. The first-order valence-electron chi connectivity index (χ1n) is 7.58. The van der Waals surface area contributed by atoms with Crippen molar-refractivity contribution in [3.8, 4) is 11.1 Å². The molecule has 3 rings (SSSR count). The Labute approximate surface area is 134 Å². The third-order valence-electron chi connectivity index (χ3n) is 4.39. The maximum Gasteiger partial charge on any atom is 0.248 e. The average Bonchev–Trinajstić information content (AvgIpc) is 2.87. The number of aliphatic hydroxyl groups excluding tert-OH is 2. The van der Waals surface area contributed by atoms with Crippen LogP contribution in [0.3, 0.4) is 0 Å². The summed E-state index contributed by atoms with van der Waals surface area (Å²) in [5.74, 6) is -0.518. The molecule has 23 heavy (non-hydrogen) atoms. The molecule has 0 aliphatic carbocycles. The molecule has 1 fully saturated rings. The van der Waals surface area contributed by atoms with Crippen molar-refractivity contribution in [2.24, 2.45) is 5.73 Å². The quantitative estimate of drug-likeness (QED) is 0.683. The summed E-state index contributed by atoms with van der Waals surface area (Å²) in [6, 6.07) is 12.7. The summed E-state index contributed by atoms with van der Waals surface area (Å²) in [5.41, 5.74) is 9.57. The number of primary amides is 1. The molecule has 0 aromatic heterocycles. The number of aliphatic hydroxyl groups is 2. The summed E-state index contributed by atoms with van der Waals surface area (Å²) in [7, 11) is 0. The number of hydrogen-bond donors (Lipinski definition) is 4. The highest BCUT2D eigenvalue weighted by molar-refractivity contribution is 5.94. The summed E-state index contributed by atoms with van der Waals surface area (Å²) in [4.78, 5) is 11.5. The lowest BCUT2D eigenvalue weighted by atomic mass is 9.89. The van der Waals surface area contributed by atoms with Gasteiger partial charge in [-0.15, -0.1) is 0 Å². The number of hydrogen-bond acceptors (Lipinski definition) is 4. The number of amides is 1. The van der Waals surface area contributed by atoms with Gasteiger partial charge in [-0.05, 0) is 41.3 Å². The van der Waals surface area contributed by atoms with Crippen molar-refractivity contribution in [1.82, 2.24) is 5.32 Å². The van der Waals surface area contributed by atoms with Gasteiger partial charge in [0.2, 0.25) is 5.91 Å². The Morgan fingerprint density at radius 3 is 2.52 bits per heavy atom. The van der Waals surface area contributed by atoms with Crippen molar-refractivity contribution in [1.29, 1.82) is 0 Å². The predicted octanol–water partition coefficient (Wildman–Crippen LogP) is 1.13. The van der Waals surface area contributed by atoms with Gasteiger partial charge < -0.3 is 21.3 Å². The van der Waals surface area contributed by atoms with Crippen LogP contribution in [0.2, 0.25) is 0 Å². The molecule has 0 saturated carbocycles. The Hall–Kier alpha value is -2.21. The molecule has 1 aliphatic heterocycles. The molecule has 0 bridgehead atoms. The number of nitrogens with two attached hydrogens (primary N) is 1. The molecule has 1 amide bonds. The second-order valence-electron chi connectivity index (χ2n) is 5.93. The van der Waals surface area contributed by atoms with E-state index in [-0.39, 0.29) is 0 Å². The van der Waals surface area contributed by atoms with Crippen LogP contribution in [-0.4, -0.2) is 34.9 Å². The zero-order valence-corrected chi connectivity index (χ0v) is 12.9. The van der Waals surface area contributed by atoms with Gasteiger partial charge in [0.15, 0.2) is 0 Å². The van der Waals surface area contributed by atoms with Crippen LogP contribution in [0.15, 0.2) is 42.5 Å². The first kappa shape index (κ1) is 15.7. The molecule has 120 valence electrons. The Morgan fingerprint density at radius 2 is 1.91 bits per heavy atom. The van der Waals surface area contributed by atoms with Gasteiger partial charge in [0, 0.05) is 12.1 Å². The minimum Gasteiger partial charge on any atom is -0.389 e. The number of carbonyl (C=O) groups excluding carboxylic acids is 1. The van der Waals surface area contributed by atoms with E-state index in [9.17, 15) is 15.0 Å². The lowest BCUT2D eigenvalue weighted by Gasteiger charge is -2.21. The van der Waals surface area contributed by atoms with Crippen LogP contribution in [0.1, 0.15) is 27.5 Å². The molecule has 5 heteroatoms. The Balaban J connectivity index is 2.16. The first-order valence-corrected chi connectivity index (χ1v) is 7.58. The van der Waals surface area contributed by atoms with Gasteiger partial charge in [0.05, 0.1) is 12.1 Å². The summed E-state index contributed by atoms with van der Waals surface area (Å²) in [6.07, 6.45) is -1.76. The van der Waals surface area contributed by atoms with Crippen LogP contribution < -0.4 is 11.1 Å². The van der Waals surface area contributed by atoms with E-state index in [4.69, 9.17) is 5.73 Å². The zero-order chi connectivity index (χ0) is 16.6. The second-order valence-corrected chi connectivity index (χ2v) is 5.93. The largest absolute Gasteiger partial charge is 0.389 e. The van der Waals surface area contributed by atoms with E-state index < -0.39 is 24.2 Å². The van der Waals surface area contributed by atoms with Crippen molar-refractivity contribution in [3.05, 3.63) is 59.2 Å². The van der Waals surface area contributed by atoms with Crippen molar-refractivity contribution in [3.63, 3.8) is 0 Å². The van der Waals surface area contributed by atoms with E-state index in [0.29, 0.717) is 12.1 Å². The predicted molar refractivity (Wildman–Crippen MR) is 87.9 cm³/mol. The Kier molecular flexibility index (Phi) is 4.17. The van der Waals surface area contributed by atoms with Crippen LogP contribution in [0.5, 0.6) is 0 Å². The highest BCUT2D eigenvalue weighted by atomic mass is 16.3. The maximum atomic E-state index is 11.5. The van der Waals surface area contributed by atoms with E-state index in [1.54, 1.807) is 12.1 Å². The normalized spacial score (nSPS) is 23.9. The lowest BCUT2D eigenvalue weighted by molar-refractivity contribution is 0.0405. The lowest BCUT2D eigenvalue weighted by Crippen LogP contribution is -2.26. The molecule has 2 aromatic rings. The van der Waals surface area contributed by atoms with E-state index in [2.05, 4.69) is 5.32 Å². The summed E-state index contributed by atoms with van der Waals surface area (Å²) in [6.45, 7) is 2.31. The van der Waals surface area contributed by atoms with Gasteiger partial charge >= 0.3 is 0 Å².